The minimum absolute atomic E-state index is 1.00. The molecule has 4 nitrogen and oxygen atoms in total. The van der Waals surface area contributed by atoms with Gasteiger partial charge in [0, 0.05) is 23.6 Å². The van der Waals surface area contributed by atoms with Crippen molar-refractivity contribution in [2.45, 2.75) is 6.92 Å². The molecule has 2 aromatic heterocycles. The Kier molecular flexibility index (Phi) is 2.82. The Labute approximate surface area is 128 Å². The Morgan fingerprint density at radius 3 is 2.82 bits per heavy atom. The average molecular weight is 288 g/mol. The van der Waals surface area contributed by atoms with Crippen LogP contribution in [-0.4, -0.2) is 19.7 Å². The molecule has 0 fully saturated rings. The van der Waals surface area contributed by atoms with E-state index in [1.165, 1.54) is 5.56 Å². The number of nitrogens with zero attached hydrogens (tertiary/aromatic N) is 3. The summed E-state index contributed by atoms with van der Waals surface area (Å²) in [5, 5.41) is 8.23. The molecule has 108 valence electrons. The highest BCUT2D eigenvalue weighted by Crippen LogP contribution is 2.32. The first-order valence-corrected chi connectivity index (χ1v) is 7.24. The van der Waals surface area contributed by atoms with E-state index in [0.29, 0.717) is 0 Å². The topological polar surface area (TPSA) is 46.5 Å². The van der Waals surface area contributed by atoms with Crippen molar-refractivity contribution in [3.8, 4) is 22.5 Å². The molecular formula is C18H16N4. The van der Waals surface area contributed by atoms with Crippen LogP contribution >= 0.6 is 0 Å². The van der Waals surface area contributed by atoms with Gasteiger partial charge in [-0.15, -0.1) is 0 Å². The summed E-state index contributed by atoms with van der Waals surface area (Å²) >= 11 is 0. The third kappa shape index (κ3) is 2.00. The van der Waals surface area contributed by atoms with Crippen molar-refractivity contribution in [3.63, 3.8) is 0 Å². The highest BCUT2D eigenvalue weighted by atomic mass is 15.1. The van der Waals surface area contributed by atoms with Crippen LogP contribution in [0.4, 0.5) is 0 Å². The van der Waals surface area contributed by atoms with E-state index in [1.54, 1.807) is 0 Å². The molecule has 0 radical (unpaired) electrons. The third-order valence-electron chi connectivity index (χ3n) is 3.94. The van der Waals surface area contributed by atoms with Gasteiger partial charge in [-0.1, -0.05) is 35.9 Å². The van der Waals surface area contributed by atoms with Crippen LogP contribution in [0.2, 0.25) is 0 Å². The van der Waals surface area contributed by atoms with E-state index in [0.717, 1.165) is 33.4 Å². The molecule has 0 amide bonds. The van der Waals surface area contributed by atoms with Crippen LogP contribution in [0.25, 0.3) is 33.4 Å². The summed E-state index contributed by atoms with van der Waals surface area (Å²) in [6.45, 7) is 2.10. The molecular weight excluding hydrogens is 272 g/mol. The molecule has 4 rings (SSSR count). The average Bonchev–Trinajstić information content (AvgIpc) is 3.12. The summed E-state index contributed by atoms with van der Waals surface area (Å²) in [5.74, 6) is 0. The molecule has 0 aliphatic carbocycles. The fourth-order valence-electron chi connectivity index (χ4n) is 2.86. The maximum atomic E-state index is 4.61. The van der Waals surface area contributed by atoms with Gasteiger partial charge in [0.15, 0.2) is 0 Å². The predicted octanol–water partition coefficient (Wildman–Crippen LogP) is 3.94. The highest BCUT2D eigenvalue weighted by molar-refractivity contribution is 5.87. The Bertz CT molecular complexity index is 962. The first-order chi connectivity index (χ1) is 10.7. The second-order valence-corrected chi connectivity index (χ2v) is 5.59. The molecule has 0 spiro atoms. The molecule has 0 atom stereocenters. The van der Waals surface area contributed by atoms with Gasteiger partial charge >= 0.3 is 0 Å². The number of aromatic amines is 1. The van der Waals surface area contributed by atoms with Crippen LogP contribution in [0.1, 0.15) is 5.56 Å². The van der Waals surface area contributed by atoms with E-state index in [9.17, 15) is 0 Å². The van der Waals surface area contributed by atoms with Crippen LogP contribution in [-0.2, 0) is 7.05 Å². The van der Waals surface area contributed by atoms with Crippen molar-refractivity contribution in [2.24, 2.45) is 7.05 Å². The van der Waals surface area contributed by atoms with Crippen molar-refractivity contribution >= 4 is 10.9 Å². The lowest BCUT2D eigenvalue weighted by Gasteiger charge is -2.07. The van der Waals surface area contributed by atoms with Crippen LogP contribution in [0.15, 0.2) is 55.0 Å². The van der Waals surface area contributed by atoms with Crippen LogP contribution in [0.5, 0.6) is 0 Å². The zero-order valence-corrected chi connectivity index (χ0v) is 12.5. The molecule has 0 aliphatic rings. The minimum Gasteiger partial charge on any atom is -0.333 e. The molecule has 0 bridgehead atoms. The normalized spacial score (nSPS) is 11.2. The second kappa shape index (κ2) is 4.84. The van der Waals surface area contributed by atoms with Crippen molar-refractivity contribution in [3.05, 3.63) is 60.6 Å². The van der Waals surface area contributed by atoms with Crippen LogP contribution in [0, 0.1) is 6.92 Å². The van der Waals surface area contributed by atoms with Gasteiger partial charge in [-0.05, 0) is 19.1 Å². The first kappa shape index (κ1) is 12.8. The van der Waals surface area contributed by atoms with Crippen molar-refractivity contribution in [2.75, 3.05) is 0 Å². The lowest BCUT2D eigenvalue weighted by atomic mass is 10.0. The smallest absolute Gasteiger partial charge is 0.0963 e. The molecule has 4 heteroatoms. The van der Waals surface area contributed by atoms with E-state index in [-0.39, 0.29) is 0 Å². The van der Waals surface area contributed by atoms with Crippen molar-refractivity contribution in [1.29, 1.82) is 0 Å². The van der Waals surface area contributed by atoms with Gasteiger partial charge in [-0.25, -0.2) is 4.98 Å². The highest BCUT2D eigenvalue weighted by Gasteiger charge is 2.14. The number of aryl methyl sites for hydroxylation is 2. The number of fused-ring (bicyclic) bond motifs is 1. The van der Waals surface area contributed by atoms with Gasteiger partial charge in [0.25, 0.3) is 0 Å². The second-order valence-electron chi connectivity index (χ2n) is 5.59. The number of hydrogen-bond donors (Lipinski definition) is 1. The Balaban J connectivity index is 1.93. The maximum absolute atomic E-state index is 4.61. The molecule has 1 N–H and O–H groups in total. The Hall–Kier alpha value is -2.88. The van der Waals surface area contributed by atoms with Crippen LogP contribution in [0.3, 0.4) is 0 Å². The van der Waals surface area contributed by atoms with E-state index < -0.39 is 0 Å². The predicted molar refractivity (Wildman–Crippen MR) is 88.5 cm³/mol. The number of rotatable bonds is 2. The van der Waals surface area contributed by atoms with Gasteiger partial charge in [0.05, 0.1) is 29.4 Å². The summed E-state index contributed by atoms with van der Waals surface area (Å²) in [6, 6.07) is 14.8. The molecule has 22 heavy (non-hydrogen) atoms. The van der Waals surface area contributed by atoms with E-state index >= 15 is 0 Å². The Morgan fingerprint density at radius 2 is 1.95 bits per heavy atom. The molecule has 4 aromatic rings. The lowest BCUT2D eigenvalue weighted by Crippen LogP contribution is -1.92. The van der Waals surface area contributed by atoms with E-state index in [4.69, 9.17) is 0 Å². The number of H-pyrrole nitrogens is 1. The molecule has 0 unspecified atom stereocenters. The number of hydrogen-bond acceptors (Lipinski definition) is 2. The largest absolute Gasteiger partial charge is 0.333 e. The summed E-state index contributed by atoms with van der Waals surface area (Å²) in [5.41, 5.74) is 6.66. The van der Waals surface area contributed by atoms with E-state index in [2.05, 4.69) is 69.1 Å². The lowest BCUT2D eigenvalue weighted by molar-refractivity contribution is 0.921. The number of benzene rings is 2. The maximum Gasteiger partial charge on any atom is 0.0963 e. The molecule has 0 saturated heterocycles. The molecule has 0 aliphatic heterocycles. The summed E-state index contributed by atoms with van der Waals surface area (Å²) < 4.78 is 2.06. The fraction of sp³-hybridized carbons (Fsp3) is 0.111. The number of imidazole rings is 1. The van der Waals surface area contributed by atoms with Gasteiger partial charge in [-0.2, -0.15) is 5.10 Å². The van der Waals surface area contributed by atoms with Gasteiger partial charge in [0.2, 0.25) is 0 Å². The SMILES string of the molecule is Cc1cccc(-c2ncn(C)c2-c2ccc3cn[nH]c3c2)c1. The zero-order valence-electron chi connectivity index (χ0n) is 12.5. The van der Waals surface area contributed by atoms with Gasteiger partial charge in [0.1, 0.15) is 0 Å². The quantitative estimate of drug-likeness (QED) is 0.607. The molecule has 0 saturated carbocycles. The number of nitrogens with one attached hydrogen (secondary N) is 1. The van der Waals surface area contributed by atoms with Gasteiger partial charge in [-0.3, -0.25) is 5.10 Å². The summed E-state index contributed by atoms with van der Waals surface area (Å²) in [4.78, 5) is 4.61. The Morgan fingerprint density at radius 1 is 1.05 bits per heavy atom. The van der Waals surface area contributed by atoms with Gasteiger partial charge < -0.3 is 4.57 Å². The third-order valence-corrected chi connectivity index (χ3v) is 3.94. The molecule has 2 aromatic carbocycles. The fourth-order valence-corrected chi connectivity index (χ4v) is 2.86. The van der Waals surface area contributed by atoms with E-state index in [1.807, 2.05) is 19.6 Å². The zero-order chi connectivity index (χ0) is 15.1. The number of aromatic nitrogens is 4. The van der Waals surface area contributed by atoms with Crippen molar-refractivity contribution in [1.82, 2.24) is 19.7 Å². The van der Waals surface area contributed by atoms with Crippen molar-refractivity contribution < 1.29 is 0 Å². The minimum atomic E-state index is 1.00. The molecule has 2 heterocycles. The standard InChI is InChI=1S/C18H16N4/c1-12-4-3-5-13(8-12)17-18(22(2)11-19-17)14-6-7-15-10-20-21-16(15)9-14/h3-11H,1-2H3,(H,20,21). The summed E-state index contributed by atoms with van der Waals surface area (Å²) in [7, 11) is 2.03. The van der Waals surface area contributed by atoms with Crippen LogP contribution < -0.4 is 0 Å². The first-order valence-electron chi connectivity index (χ1n) is 7.24. The summed E-state index contributed by atoms with van der Waals surface area (Å²) in [6.07, 6.45) is 3.70. The monoisotopic (exact) mass is 288 g/mol.